The van der Waals surface area contributed by atoms with E-state index in [9.17, 15) is 4.57 Å². The van der Waals surface area contributed by atoms with Gasteiger partial charge in [-0.1, -0.05) is 0 Å². The van der Waals surface area contributed by atoms with E-state index in [0.717, 1.165) is 11.4 Å². The lowest BCUT2D eigenvalue weighted by Gasteiger charge is -2.11. The van der Waals surface area contributed by atoms with Crippen LogP contribution in [0.2, 0.25) is 0 Å². The lowest BCUT2D eigenvalue weighted by molar-refractivity contribution is 0.489. The van der Waals surface area contributed by atoms with E-state index in [0.29, 0.717) is 5.03 Å². The second-order valence-electron chi connectivity index (χ2n) is 2.82. The van der Waals surface area contributed by atoms with Crippen molar-refractivity contribution in [3.8, 4) is 5.88 Å². The predicted molar refractivity (Wildman–Crippen MR) is 62.3 cm³/mol. The van der Waals surface area contributed by atoms with E-state index in [1.54, 1.807) is 6.07 Å². The summed E-state index contributed by atoms with van der Waals surface area (Å²) in [6.07, 6.45) is 5.62. The maximum atomic E-state index is 12.0. The Morgan fingerprint density at radius 3 is 2.47 bits per heavy atom. The Labute approximate surface area is 101 Å². The molecule has 0 saturated heterocycles. The molecule has 2 N–H and O–H groups in total. The SMILES string of the molecule is NP(=O)(Oc1ccncn1)Sc1ccncn1. The summed E-state index contributed by atoms with van der Waals surface area (Å²) >= 11 is 0.840. The van der Waals surface area contributed by atoms with Gasteiger partial charge in [-0.15, -0.1) is 0 Å². The number of nitrogens with zero attached hydrogens (tertiary/aromatic N) is 4. The van der Waals surface area contributed by atoms with Crippen LogP contribution in [0.3, 0.4) is 0 Å². The van der Waals surface area contributed by atoms with Crippen molar-refractivity contribution in [3.63, 3.8) is 0 Å². The van der Waals surface area contributed by atoms with Crippen molar-refractivity contribution in [2.45, 2.75) is 5.03 Å². The number of aromatic nitrogens is 4. The molecule has 2 aromatic heterocycles. The number of hydrogen-bond donors (Lipinski definition) is 1. The Bertz CT molecular complexity index is 480. The molecule has 17 heavy (non-hydrogen) atoms. The van der Waals surface area contributed by atoms with Crippen LogP contribution in [0.1, 0.15) is 0 Å². The van der Waals surface area contributed by atoms with Crippen molar-refractivity contribution in [2.75, 3.05) is 0 Å². The summed E-state index contributed by atoms with van der Waals surface area (Å²) in [5.74, 6) is 0.160. The summed E-state index contributed by atoms with van der Waals surface area (Å²) in [7, 11) is 0. The molecule has 0 aliphatic carbocycles. The Hall–Kier alpha value is -1.50. The topological polar surface area (TPSA) is 104 Å². The monoisotopic (exact) mass is 269 g/mol. The van der Waals surface area contributed by atoms with Crippen LogP contribution < -0.4 is 10.0 Å². The van der Waals surface area contributed by atoms with Gasteiger partial charge in [-0.3, -0.25) is 0 Å². The summed E-state index contributed by atoms with van der Waals surface area (Å²) in [6, 6.07) is 3.06. The first-order chi connectivity index (χ1) is 8.16. The van der Waals surface area contributed by atoms with Crippen LogP contribution in [0.4, 0.5) is 0 Å². The second-order valence-corrected chi connectivity index (χ2v) is 6.76. The lowest BCUT2D eigenvalue weighted by atomic mass is 10.6. The molecule has 9 heteroatoms. The van der Waals surface area contributed by atoms with Gasteiger partial charge in [0, 0.05) is 29.8 Å². The fraction of sp³-hybridized carbons (Fsp3) is 0. The molecule has 0 bridgehead atoms. The van der Waals surface area contributed by atoms with Crippen LogP contribution in [0.25, 0.3) is 0 Å². The van der Waals surface area contributed by atoms with Crippen LogP contribution >= 0.6 is 18.1 Å². The fourth-order valence-corrected chi connectivity index (χ4v) is 3.27. The molecule has 2 heterocycles. The molecule has 1 unspecified atom stereocenters. The standard InChI is InChI=1S/C8H8N5O2PS/c9-16(14,15-7-1-3-10-5-12-7)17-8-2-4-11-6-13-8/h1-6H,(H2,9,14). The molecule has 0 spiro atoms. The van der Waals surface area contributed by atoms with Gasteiger partial charge in [0.2, 0.25) is 5.88 Å². The van der Waals surface area contributed by atoms with Gasteiger partial charge in [-0.05, 0) is 6.07 Å². The largest absolute Gasteiger partial charge is 0.407 e. The van der Waals surface area contributed by atoms with Crippen LogP contribution in [0, 0.1) is 0 Å². The predicted octanol–water partition coefficient (Wildman–Crippen LogP) is 1.50. The summed E-state index contributed by atoms with van der Waals surface area (Å²) < 4.78 is 17.0. The molecule has 0 radical (unpaired) electrons. The first-order valence-electron chi connectivity index (χ1n) is 4.45. The highest BCUT2D eigenvalue weighted by atomic mass is 32.7. The third-order valence-electron chi connectivity index (χ3n) is 1.55. The Morgan fingerprint density at radius 2 is 1.88 bits per heavy atom. The minimum absolute atomic E-state index is 0.160. The summed E-state index contributed by atoms with van der Waals surface area (Å²) in [5, 5.41) is 0.472. The van der Waals surface area contributed by atoms with Gasteiger partial charge in [-0.2, -0.15) is 0 Å². The van der Waals surface area contributed by atoms with Gasteiger partial charge < -0.3 is 4.52 Å². The zero-order chi connectivity index (χ0) is 12.1. The molecule has 0 aliphatic heterocycles. The van der Waals surface area contributed by atoms with E-state index in [4.69, 9.17) is 10.0 Å². The third kappa shape index (κ3) is 3.77. The van der Waals surface area contributed by atoms with Gasteiger partial charge >= 0.3 is 6.72 Å². The molecule has 0 saturated carbocycles. The van der Waals surface area contributed by atoms with Crippen LogP contribution in [-0.4, -0.2) is 19.9 Å². The van der Waals surface area contributed by atoms with Crippen molar-refractivity contribution in [1.29, 1.82) is 0 Å². The minimum atomic E-state index is -3.40. The molecule has 0 fully saturated rings. The van der Waals surface area contributed by atoms with Gasteiger partial charge in [0.05, 0.1) is 0 Å². The highest BCUT2D eigenvalue weighted by molar-refractivity contribution is 8.56. The van der Waals surface area contributed by atoms with Crippen molar-refractivity contribution in [1.82, 2.24) is 19.9 Å². The smallest absolute Gasteiger partial charge is 0.379 e. The highest BCUT2D eigenvalue weighted by Gasteiger charge is 2.22. The second kappa shape index (κ2) is 5.22. The molecule has 2 rings (SSSR count). The maximum Gasteiger partial charge on any atom is 0.379 e. The first-order valence-corrected chi connectivity index (χ1v) is 7.57. The number of rotatable bonds is 4. The van der Waals surface area contributed by atoms with E-state index >= 15 is 0 Å². The number of hydrogen-bond acceptors (Lipinski definition) is 7. The van der Waals surface area contributed by atoms with E-state index in [2.05, 4.69) is 19.9 Å². The van der Waals surface area contributed by atoms with Crippen molar-refractivity contribution < 1.29 is 9.09 Å². The Balaban J connectivity index is 2.07. The van der Waals surface area contributed by atoms with Crippen LogP contribution in [-0.2, 0) is 4.57 Å². The van der Waals surface area contributed by atoms with Crippen LogP contribution in [0.5, 0.6) is 5.88 Å². The van der Waals surface area contributed by atoms with Crippen molar-refractivity contribution in [2.24, 2.45) is 5.50 Å². The van der Waals surface area contributed by atoms with E-state index < -0.39 is 6.72 Å². The highest BCUT2D eigenvalue weighted by Crippen LogP contribution is 2.54. The molecule has 0 aliphatic rings. The summed E-state index contributed by atoms with van der Waals surface area (Å²) in [5.41, 5.74) is 5.56. The zero-order valence-electron chi connectivity index (χ0n) is 8.50. The fourth-order valence-electron chi connectivity index (χ4n) is 0.944. The molecule has 0 aromatic carbocycles. The van der Waals surface area contributed by atoms with E-state index in [1.165, 1.54) is 31.1 Å². The number of nitrogens with two attached hydrogens (primary N) is 1. The molecule has 88 valence electrons. The molecular weight excluding hydrogens is 261 g/mol. The molecule has 1 atom stereocenters. The molecule has 2 aromatic rings. The van der Waals surface area contributed by atoms with Crippen molar-refractivity contribution in [3.05, 3.63) is 37.2 Å². The quantitative estimate of drug-likeness (QED) is 0.657. The van der Waals surface area contributed by atoms with E-state index in [1.807, 2.05) is 0 Å². The molecular formula is C8H8N5O2PS. The zero-order valence-corrected chi connectivity index (χ0v) is 10.2. The Morgan fingerprint density at radius 1 is 1.18 bits per heavy atom. The summed E-state index contributed by atoms with van der Waals surface area (Å²) in [6.45, 7) is -3.40. The van der Waals surface area contributed by atoms with E-state index in [-0.39, 0.29) is 5.88 Å². The van der Waals surface area contributed by atoms with Crippen molar-refractivity contribution >= 4 is 18.1 Å². The average molecular weight is 269 g/mol. The lowest BCUT2D eigenvalue weighted by Crippen LogP contribution is -2.00. The molecule has 0 amide bonds. The molecule has 7 nitrogen and oxygen atoms in total. The van der Waals surface area contributed by atoms with Gasteiger partial charge in [0.15, 0.2) is 0 Å². The maximum absolute atomic E-state index is 12.0. The Kier molecular flexibility index (Phi) is 3.68. The van der Waals surface area contributed by atoms with Gasteiger partial charge in [-0.25, -0.2) is 30.0 Å². The normalized spacial score (nSPS) is 13.9. The first kappa shape index (κ1) is 12.0. The van der Waals surface area contributed by atoms with Crippen LogP contribution in [0.15, 0.2) is 42.2 Å². The van der Waals surface area contributed by atoms with Gasteiger partial charge in [0.25, 0.3) is 0 Å². The summed E-state index contributed by atoms with van der Waals surface area (Å²) in [4.78, 5) is 15.1. The van der Waals surface area contributed by atoms with Gasteiger partial charge in [0.1, 0.15) is 17.7 Å². The third-order valence-corrected chi connectivity index (χ3v) is 4.22. The average Bonchev–Trinajstić information content (AvgIpc) is 2.30. The minimum Gasteiger partial charge on any atom is -0.407 e.